The maximum Gasteiger partial charge on any atom is 0.0701 e. The van der Waals surface area contributed by atoms with Crippen molar-refractivity contribution in [1.82, 2.24) is 5.32 Å². The van der Waals surface area contributed by atoms with E-state index in [9.17, 15) is 0 Å². The summed E-state index contributed by atoms with van der Waals surface area (Å²) in [4.78, 5) is 1.48. The van der Waals surface area contributed by atoms with Crippen molar-refractivity contribution in [3.8, 4) is 0 Å². The number of fused-ring (bicyclic) bond motifs is 2. The van der Waals surface area contributed by atoms with Crippen molar-refractivity contribution in [1.29, 1.82) is 0 Å². The van der Waals surface area contributed by atoms with E-state index < -0.39 is 0 Å². The molecule has 1 N–H and O–H groups in total. The van der Waals surface area contributed by atoms with E-state index >= 15 is 0 Å². The van der Waals surface area contributed by atoms with Crippen LogP contribution in [0.4, 0.5) is 0 Å². The molecule has 0 aliphatic heterocycles. The second kappa shape index (κ2) is 4.85. The summed E-state index contributed by atoms with van der Waals surface area (Å²) in [6.45, 7) is 8.56. The third-order valence-electron chi connectivity index (χ3n) is 5.62. The van der Waals surface area contributed by atoms with E-state index in [1.165, 1.54) is 27.9 Å². The van der Waals surface area contributed by atoms with Gasteiger partial charge < -0.3 is 5.32 Å². The quantitative estimate of drug-likeness (QED) is 0.824. The average Bonchev–Trinajstić information content (AvgIpc) is 2.95. The summed E-state index contributed by atoms with van der Waals surface area (Å²) in [6.07, 6.45) is 5.45. The molecule has 0 aromatic carbocycles. The van der Waals surface area contributed by atoms with Crippen molar-refractivity contribution in [3.05, 3.63) is 20.8 Å². The summed E-state index contributed by atoms with van der Waals surface area (Å²) >= 11 is 5.40. The summed E-state index contributed by atoms with van der Waals surface area (Å²) < 4.78 is 1.25. The molecule has 3 atom stereocenters. The van der Waals surface area contributed by atoms with Crippen LogP contribution in [0.25, 0.3) is 0 Å². The standard InChI is InChI=1S/C16H24BrNS/c1-15(2)11-6-8-16(3,10-11)14(15)18-9-7-12-4-5-13(17)19-12/h4-5,11,14,18H,6-10H2,1-3H3. The number of halogens is 1. The summed E-state index contributed by atoms with van der Waals surface area (Å²) in [6, 6.07) is 5.09. The Bertz CT molecular complexity index is 462. The monoisotopic (exact) mass is 341 g/mol. The van der Waals surface area contributed by atoms with Crippen molar-refractivity contribution in [2.45, 2.75) is 52.5 Å². The summed E-state index contributed by atoms with van der Waals surface area (Å²) in [7, 11) is 0. The normalized spacial score (nSPS) is 36.0. The van der Waals surface area contributed by atoms with Gasteiger partial charge in [0.1, 0.15) is 0 Å². The lowest BCUT2D eigenvalue weighted by atomic mass is 9.68. The summed E-state index contributed by atoms with van der Waals surface area (Å²) in [5.41, 5.74) is 1.02. The molecule has 3 heteroatoms. The molecule has 2 saturated carbocycles. The van der Waals surface area contributed by atoms with Crippen LogP contribution in [-0.4, -0.2) is 12.6 Å². The predicted octanol–water partition coefficient (Wildman–Crippen LogP) is 4.86. The van der Waals surface area contributed by atoms with E-state index in [0.717, 1.165) is 18.9 Å². The largest absolute Gasteiger partial charge is 0.313 e. The Hall–Kier alpha value is 0.140. The van der Waals surface area contributed by atoms with E-state index in [-0.39, 0.29) is 0 Å². The first-order valence-corrected chi connectivity index (χ1v) is 9.00. The van der Waals surface area contributed by atoms with Crippen LogP contribution < -0.4 is 5.32 Å². The molecule has 19 heavy (non-hydrogen) atoms. The van der Waals surface area contributed by atoms with Gasteiger partial charge >= 0.3 is 0 Å². The van der Waals surface area contributed by atoms with Gasteiger partial charge in [0, 0.05) is 17.5 Å². The summed E-state index contributed by atoms with van der Waals surface area (Å²) in [5, 5.41) is 3.89. The molecule has 2 bridgehead atoms. The van der Waals surface area contributed by atoms with Gasteiger partial charge in [-0.05, 0) is 70.5 Å². The maximum absolute atomic E-state index is 3.89. The molecule has 2 aliphatic rings. The zero-order valence-corrected chi connectivity index (χ0v) is 14.5. The second-order valence-corrected chi connectivity index (χ2v) is 9.81. The molecular weight excluding hydrogens is 318 g/mol. The van der Waals surface area contributed by atoms with Gasteiger partial charge in [0.2, 0.25) is 0 Å². The lowest BCUT2D eigenvalue weighted by Crippen LogP contribution is -2.50. The molecule has 106 valence electrons. The molecule has 0 radical (unpaired) electrons. The van der Waals surface area contributed by atoms with Crippen molar-refractivity contribution >= 4 is 27.3 Å². The molecular formula is C16H24BrNS. The van der Waals surface area contributed by atoms with Gasteiger partial charge in [0.25, 0.3) is 0 Å². The Morgan fingerprint density at radius 1 is 1.37 bits per heavy atom. The number of thiophene rings is 1. The second-order valence-electron chi connectivity index (χ2n) is 7.26. The fourth-order valence-electron chi connectivity index (χ4n) is 4.64. The van der Waals surface area contributed by atoms with Gasteiger partial charge in [0.15, 0.2) is 0 Å². The highest BCUT2D eigenvalue weighted by Gasteiger charge is 2.58. The fourth-order valence-corrected chi connectivity index (χ4v) is 6.12. The minimum atomic E-state index is 0.475. The maximum atomic E-state index is 3.89. The summed E-state index contributed by atoms with van der Waals surface area (Å²) in [5.74, 6) is 0.936. The molecule has 1 aromatic heterocycles. The van der Waals surface area contributed by atoms with E-state index in [1.807, 2.05) is 11.3 Å². The molecule has 3 rings (SSSR count). The third-order valence-corrected chi connectivity index (χ3v) is 7.30. The Morgan fingerprint density at radius 3 is 2.74 bits per heavy atom. The Morgan fingerprint density at radius 2 is 2.16 bits per heavy atom. The first-order valence-electron chi connectivity index (χ1n) is 7.39. The lowest BCUT2D eigenvalue weighted by Gasteiger charge is -2.43. The SMILES string of the molecule is CC12CCC(C1)C(C)(C)C2NCCc1ccc(Br)s1. The molecule has 1 aromatic rings. The number of nitrogens with one attached hydrogen (secondary N) is 1. The molecule has 0 amide bonds. The van der Waals surface area contributed by atoms with Crippen LogP contribution in [0.5, 0.6) is 0 Å². The highest BCUT2D eigenvalue weighted by atomic mass is 79.9. The Balaban J connectivity index is 1.60. The van der Waals surface area contributed by atoms with Crippen LogP contribution in [-0.2, 0) is 6.42 Å². The fraction of sp³-hybridized carbons (Fsp3) is 0.750. The molecule has 1 heterocycles. The molecule has 1 nitrogen and oxygen atoms in total. The predicted molar refractivity (Wildman–Crippen MR) is 86.7 cm³/mol. The van der Waals surface area contributed by atoms with E-state index in [0.29, 0.717) is 16.9 Å². The number of hydrogen-bond acceptors (Lipinski definition) is 2. The molecule has 0 spiro atoms. The smallest absolute Gasteiger partial charge is 0.0701 e. The highest BCUT2D eigenvalue weighted by molar-refractivity contribution is 9.11. The third kappa shape index (κ3) is 2.43. The number of rotatable bonds is 4. The van der Waals surface area contributed by atoms with Gasteiger partial charge in [-0.2, -0.15) is 0 Å². The van der Waals surface area contributed by atoms with Crippen molar-refractivity contribution in [2.75, 3.05) is 6.54 Å². The van der Waals surface area contributed by atoms with E-state index in [1.54, 1.807) is 0 Å². The van der Waals surface area contributed by atoms with Crippen LogP contribution in [0, 0.1) is 16.7 Å². The van der Waals surface area contributed by atoms with Crippen LogP contribution in [0.3, 0.4) is 0 Å². The van der Waals surface area contributed by atoms with Gasteiger partial charge in [-0.1, -0.05) is 20.8 Å². The van der Waals surface area contributed by atoms with Gasteiger partial charge in [-0.25, -0.2) is 0 Å². The van der Waals surface area contributed by atoms with Gasteiger partial charge in [-0.15, -0.1) is 11.3 Å². The first-order chi connectivity index (χ1) is 8.92. The van der Waals surface area contributed by atoms with E-state index in [4.69, 9.17) is 0 Å². The van der Waals surface area contributed by atoms with Crippen LogP contribution >= 0.6 is 27.3 Å². The minimum Gasteiger partial charge on any atom is -0.313 e. The Labute approximate surface area is 129 Å². The average molecular weight is 342 g/mol. The van der Waals surface area contributed by atoms with Crippen molar-refractivity contribution in [2.24, 2.45) is 16.7 Å². The molecule has 0 saturated heterocycles. The first kappa shape index (κ1) is 14.1. The van der Waals surface area contributed by atoms with Crippen LogP contribution in [0.15, 0.2) is 15.9 Å². The highest BCUT2D eigenvalue weighted by Crippen LogP contribution is 2.62. The Kier molecular flexibility index (Phi) is 3.60. The van der Waals surface area contributed by atoms with Gasteiger partial charge in [-0.3, -0.25) is 0 Å². The topological polar surface area (TPSA) is 12.0 Å². The van der Waals surface area contributed by atoms with Gasteiger partial charge in [0.05, 0.1) is 3.79 Å². The van der Waals surface area contributed by atoms with Crippen molar-refractivity contribution in [3.63, 3.8) is 0 Å². The minimum absolute atomic E-state index is 0.475. The van der Waals surface area contributed by atoms with Crippen LogP contribution in [0.2, 0.25) is 0 Å². The van der Waals surface area contributed by atoms with Crippen LogP contribution in [0.1, 0.15) is 44.9 Å². The molecule has 2 fully saturated rings. The number of hydrogen-bond donors (Lipinski definition) is 1. The zero-order valence-electron chi connectivity index (χ0n) is 12.1. The van der Waals surface area contributed by atoms with Crippen molar-refractivity contribution < 1.29 is 0 Å². The molecule has 3 unspecified atom stereocenters. The lowest BCUT2D eigenvalue weighted by molar-refractivity contribution is 0.110. The molecule has 2 aliphatic carbocycles. The zero-order chi connectivity index (χ0) is 13.7. The van der Waals surface area contributed by atoms with E-state index in [2.05, 4.69) is 54.2 Å².